The molecule has 1 aromatic carbocycles. The third kappa shape index (κ3) is 10.5. The van der Waals surface area contributed by atoms with Gasteiger partial charge in [-0.25, -0.2) is 9.98 Å². The molecule has 6 aliphatic rings. The second-order valence-electron chi connectivity index (χ2n) is 17.4. The van der Waals surface area contributed by atoms with Gasteiger partial charge in [0.05, 0.1) is 12.0 Å². The quantitative estimate of drug-likeness (QED) is 0.169. The Hall–Kier alpha value is -3.36. The molecule has 6 atom stereocenters. The average molecular weight is 823 g/mol. The van der Waals surface area contributed by atoms with Crippen LogP contribution in [0.25, 0.3) is 0 Å². The van der Waals surface area contributed by atoms with E-state index in [0.717, 1.165) is 86.7 Å². The third-order valence-electron chi connectivity index (χ3n) is 13.3. The van der Waals surface area contributed by atoms with Crippen LogP contribution in [0.4, 0.5) is 5.82 Å². The van der Waals surface area contributed by atoms with Gasteiger partial charge in [0.15, 0.2) is 17.5 Å². The molecule has 4 aliphatic heterocycles. The molecule has 57 heavy (non-hydrogen) atoms. The number of ether oxygens (including phenoxy) is 2. The van der Waals surface area contributed by atoms with E-state index < -0.39 is 17.1 Å². The van der Waals surface area contributed by atoms with Crippen molar-refractivity contribution in [3.8, 4) is 11.5 Å². The number of rotatable bonds is 3. The van der Waals surface area contributed by atoms with Gasteiger partial charge in [0.2, 0.25) is 5.91 Å². The number of fused-ring (bicyclic) bond motifs is 16. The number of nitrogens with two attached hydrogens (primary N) is 2. The largest absolute Gasteiger partial charge is 0.504 e. The highest BCUT2D eigenvalue weighted by Crippen LogP contribution is 2.48. The SMILES string of the molecule is CC(=O)OC12CCc3cc(c(O)c4c3CCC3CCCC3O4)CN3CC(Cc4ccnc(N)c4)(CCNC(N)=NCSSCCCCCC(CC1)C(O)C2)CC3=O. The number of nitrogen functional groups attached to an aromatic ring is 1. The summed E-state index contributed by atoms with van der Waals surface area (Å²) in [6.07, 6.45) is 15.2. The number of carbonyl (C=O) groups excluding carboxylic acids is 2. The number of nitrogens with one attached hydrogen (secondary N) is 1. The van der Waals surface area contributed by atoms with E-state index in [-0.39, 0.29) is 36.2 Å². The molecule has 2 saturated carbocycles. The lowest BCUT2D eigenvalue weighted by atomic mass is 9.72. The van der Waals surface area contributed by atoms with Crippen LogP contribution in [0, 0.1) is 17.3 Å². The van der Waals surface area contributed by atoms with Crippen LogP contribution in [0.15, 0.2) is 29.4 Å². The molecule has 8 rings (SSSR count). The molecule has 3 fully saturated rings. The van der Waals surface area contributed by atoms with Gasteiger partial charge in [-0.15, -0.1) is 0 Å². The molecule has 14 heteroatoms. The maximum atomic E-state index is 14.1. The molecular weight excluding hydrogens is 761 g/mol. The molecule has 0 spiro atoms. The number of aliphatic hydroxyl groups excluding tert-OH is 1. The summed E-state index contributed by atoms with van der Waals surface area (Å²) in [5, 5.41) is 26.8. The fourth-order valence-electron chi connectivity index (χ4n) is 10.4. The highest BCUT2D eigenvalue weighted by atomic mass is 33.1. The Morgan fingerprint density at radius 1 is 1.04 bits per heavy atom. The Morgan fingerprint density at radius 3 is 2.72 bits per heavy atom. The first kappa shape index (κ1) is 41.8. The molecule has 6 unspecified atom stereocenters. The molecule has 1 amide bonds. The predicted molar refractivity (Wildman–Crippen MR) is 227 cm³/mol. The minimum atomic E-state index is -0.769. The van der Waals surface area contributed by atoms with Crippen molar-refractivity contribution < 1.29 is 29.3 Å². The van der Waals surface area contributed by atoms with Crippen LogP contribution in [0.3, 0.4) is 0 Å². The van der Waals surface area contributed by atoms with E-state index in [1.165, 1.54) is 6.92 Å². The lowest BCUT2D eigenvalue weighted by molar-refractivity contribution is -0.168. The van der Waals surface area contributed by atoms with Gasteiger partial charge in [0.25, 0.3) is 0 Å². The summed E-state index contributed by atoms with van der Waals surface area (Å²) in [6, 6.07) is 5.90. The number of phenolic OH excluding ortho intramolecular Hbond substituents is 1. The van der Waals surface area contributed by atoms with Gasteiger partial charge < -0.3 is 41.4 Å². The first-order valence-electron chi connectivity index (χ1n) is 21.2. The Bertz CT molecular complexity index is 1780. The first-order valence-corrected chi connectivity index (χ1v) is 23.7. The van der Waals surface area contributed by atoms with E-state index in [1.54, 1.807) is 27.8 Å². The number of guanidine groups is 1. The monoisotopic (exact) mass is 822 g/mol. The van der Waals surface area contributed by atoms with Crippen molar-refractivity contribution in [2.45, 2.75) is 140 Å². The summed E-state index contributed by atoms with van der Waals surface area (Å²) in [6.45, 7) is 2.75. The molecule has 1 saturated heterocycles. The van der Waals surface area contributed by atoms with Gasteiger partial charge in [0.1, 0.15) is 17.5 Å². The number of aromatic nitrogens is 1. The number of pyridine rings is 1. The normalized spacial score (nSPS) is 30.6. The highest BCUT2D eigenvalue weighted by molar-refractivity contribution is 8.76. The van der Waals surface area contributed by atoms with Crippen molar-refractivity contribution in [2.75, 3.05) is 30.5 Å². The minimum Gasteiger partial charge on any atom is -0.504 e. The standard InChI is InChI=1S/C43H62N6O6S2/c1-28(50)55-43-14-11-30(35(51)23-43)6-3-2-4-19-56-57-27-48-41(45)47-18-16-42(22-29-13-17-46-37(44)20-29)24-38(52)49(26-42)25-33-21-32(12-15-43)34-10-9-31-7-5-8-36(31)54-40(34)39(33)53/h13,17,20-21,30-31,35-36,51,53H,2-12,14-16,18-19,22-27H2,1H3,(H2,44,46)(H3,45,47,48). The van der Waals surface area contributed by atoms with Gasteiger partial charge in [-0.2, -0.15) is 0 Å². The van der Waals surface area contributed by atoms with Crippen molar-refractivity contribution >= 4 is 45.2 Å². The maximum absolute atomic E-state index is 14.1. The zero-order valence-corrected chi connectivity index (χ0v) is 35.1. The number of aryl methyl sites for hydroxylation is 1. The molecule has 12 nitrogen and oxygen atoms in total. The first-order chi connectivity index (χ1) is 27.5. The Kier molecular flexibility index (Phi) is 13.7. The van der Waals surface area contributed by atoms with Crippen LogP contribution in [-0.2, 0) is 40.1 Å². The van der Waals surface area contributed by atoms with Gasteiger partial charge >= 0.3 is 5.97 Å². The van der Waals surface area contributed by atoms with Crippen molar-refractivity contribution in [3.63, 3.8) is 0 Å². The minimum absolute atomic E-state index is 0.0247. The number of anilines is 1. The second kappa shape index (κ2) is 18.7. The predicted octanol–water partition coefficient (Wildman–Crippen LogP) is 6.43. The summed E-state index contributed by atoms with van der Waals surface area (Å²) in [5.74, 6) is 3.40. The van der Waals surface area contributed by atoms with E-state index in [0.29, 0.717) is 92.9 Å². The van der Waals surface area contributed by atoms with Crippen molar-refractivity contribution in [1.29, 1.82) is 0 Å². The number of benzene rings is 1. The molecule has 2 aliphatic carbocycles. The Labute approximate surface area is 345 Å². The third-order valence-corrected chi connectivity index (χ3v) is 15.5. The maximum Gasteiger partial charge on any atom is 0.303 e. The number of aliphatic imine (C=N–C) groups is 1. The number of hydrogen-bond donors (Lipinski definition) is 5. The van der Waals surface area contributed by atoms with E-state index >= 15 is 0 Å². The van der Waals surface area contributed by atoms with Crippen LogP contribution in [0.5, 0.6) is 11.5 Å². The smallest absolute Gasteiger partial charge is 0.303 e. The lowest BCUT2D eigenvalue weighted by Crippen LogP contribution is -2.45. The van der Waals surface area contributed by atoms with Gasteiger partial charge in [0, 0.05) is 67.9 Å². The summed E-state index contributed by atoms with van der Waals surface area (Å²) in [4.78, 5) is 37.2. The fraction of sp³-hybridized carbons (Fsp3) is 0.674. The number of amides is 1. The highest BCUT2D eigenvalue weighted by Gasteiger charge is 2.45. The Morgan fingerprint density at radius 2 is 1.89 bits per heavy atom. The van der Waals surface area contributed by atoms with E-state index in [1.807, 2.05) is 17.0 Å². The summed E-state index contributed by atoms with van der Waals surface area (Å²) in [7, 11) is 3.49. The van der Waals surface area contributed by atoms with E-state index in [4.69, 9.17) is 20.9 Å². The number of aliphatic hydroxyl groups is 1. The summed E-state index contributed by atoms with van der Waals surface area (Å²) in [5.41, 5.74) is 15.0. The van der Waals surface area contributed by atoms with Crippen LogP contribution in [-0.4, -0.2) is 80.5 Å². The molecule has 6 bridgehead atoms. The van der Waals surface area contributed by atoms with Crippen LogP contribution in [0.1, 0.15) is 119 Å². The molecular formula is C43H62N6O6S2. The molecule has 1 aromatic heterocycles. The fourth-order valence-corrected chi connectivity index (χ4v) is 12.2. The molecule has 312 valence electrons. The zero-order chi connectivity index (χ0) is 40.0. The number of aromatic hydroxyl groups is 1. The van der Waals surface area contributed by atoms with E-state index in [9.17, 15) is 19.8 Å². The lowest BCUT2D eigenvalue weighted by Gasteiger charge is -2.42. The van der Waals surface area contributed by atoms with Gasteiger partial charge in [-0.1, -0.05) is 34.4 Å². The van der Waals surface area contributed by atoms with Crippen molar-refractivity contribution in [2.24, 2.45) is 28.0 Å². The average Bonchev–Trinajstić information content (AvgIpc) is 3.67. The molecule has 0 radical (unpaired) electrons. The number of nitrogens with zero attached hydrogens (tertiary/aromatic N) is 3. The van der Waals surface area contributed by atoms with Crippen LogP contribution < -0.4 is 21.5 Å². The van der Waals surface area contributed by atoms with Gasteiger partial charge in [-0.05, 0) is 125 Å². The second-order valence-corrected chi connectivity index (χ2v) is 20.0. The Balaban J connectivity index is 1.20. The number of esters is 1. The van der Waals surface area contributed by atoms with Crippen LogP contribution in [0.2, 0.25) is 0 Å². The van der Waals surface area contributed by atoms with Crippen molar-refractivity contribution in [3.05, 3.63) is 46.6 Å². The molecule has 7 N–H and O–H groups in total. The zero-order valence-electron chi connectivity index (χ0n) is 33.5. The number of carbonyl (C=O) groups is 2. The molecule has 5 heterocycles. The topological polar surface area (TPSA) is 186 Å². The van der Waals surface area contributed by atoms with E-state index in [2.05, 4.69) is 21.4 Å². The molecule has 2 aromatic rings. The van der Waals surface area contributed by atoms with Gasteiger partial charge in [-0.3, -0.25) is 9.59 Å². The summed E-state index contributed by atoms with van der Waals surface area (Å²) >= 11 is 0. The number of hydrogen-bond acceptors (Lipinski definition) is 13. The van der Waals surface area contributed by atoms with Crippen LogP contribution >= 0.6 is 21.6 Å². The number of phenols is 1. The summed E-state index contributed by atoms with van der Waals surface area (Å²) < 4.78 is 12.9. The van der Waals surface area contributed by atoms with Crippen molar-refractivity contribution in [1.82, 2.24) is 15.2 Å².